The lowest BCUT2D eigenvalue weighted by atomic mass is 10.5. The van der Waals surface area contributed by atoms with Gasteiger partial charge >= 0.3 is 0 Å². The van der Waals surface area contributed by atoms with Gasteiger partial charge in [-0.05, 0) is 0 Å². The van der Waals surface area contributed by atoms with Crippen LogP contribution in [0.1, 0.15) is 0 Å². The average Bonchev–Trinajstić information content (AvgIpc) is 1.30. The number of alkyl halides is 3. The molecule has 0 rings (SSSR count). The second-order valence-electron chi connectivity index (χ2n) is 0.853. The SMILES string of the molecule is C#C[CH]C(Cl)(Cl)Cl. The van der Waals surface area contributed by atoms with E-state index in [9.17, 15) is 0 Å². The molecule has 0 aromatic carbocycles. The van der Waals surface area contributed by atoms with Crippen molar-refractivity contribution in [3.8, 4) is 12.3 Å². The Morgan fingerprint density at radius 3 is 1.86 bits per heavy atom. The minimum Gasteiger partial charge on any atom is -0.120 e. The molecule has 0 aliphatic heterocycles. The zero-order valence-electron chi connectivity index (χ0n) is 3.29. The fourth-order valence-electron chi connectivity index (χ4n) is 0.0945. The maximum Gasteiger partial charge on any atom is 0.205 e. The molecule has 0 aliphatic carbocycles. The van der Waals surface area contributed by atoms with E-state index >= 15 is 0 Å². The van der Waals surface area contributed by atoms with Crippen molar-refractivity contribution in [3.63, 3.8) is 0 Å². The van der Waals surface area contributed by atoms with Crippen LogP contribution in [0.3, 0.4) is 0 Å². The molecule has 0 aliphatic rings. The molecule has 0 atom stereocenters. The molecule has 39 valence electrons. The summed E-state index contributed by atoms with van der Waals surface area (Å²) in [6.45, 7) is 0. The summed E-state index contributed by atoms with van der Waals surface area (Å²) >= 11 is 15.5. The molecule has 0 saturated carbocycles. The summed E-state index contributed by atoms with van der Waals surface area (Å²) in [5.74, 6) is 2.09. The summed E-state index contributed by atoms with van der Waals surface area (Å²) in [5.41, 5.74) is 0. The van der Waals surface area contributed by atoms with Gasteiger partial charge in [-0.3, -0.25) is 0 Å². The van der Waals surface area contributed by atoms with E-state index in [0.717, 1.165) is 6.42 Å². The second-order valence-corrected chi connectivity index (χ2v) is 3.22. The topological polar surface area (TPSA) is 0 Å². The number of terminal acetylenes is 1. The maximum absolute atomic E-state index is 5.17. The van der Waals surface area contributed by atoms with E-state index in [4.69, 9.17) is 41.2 Å². The summed E-state index contributed by atoms with van der Waals surface area (Å²) in [6, 6.07) is 0. The molecule has 1 radical (unpaired) electrons. The van der Waals surface area contributed by atoms with E-state index < -0.39 is 3.79 Å². The molecule has 0 amide bonds. The van der Waals surface area contributed by atoms with Crippen LogP contribution in [0.4, 0.5) is 0 Å². The van der Waals surface area contributed by atoms with E-state index in [1.165, 1.54) is 0 Å². The van der Waals surface area contributed by atoms with Crippen molar-refractivity contribution in [1.29, 1.82) is 0 Å². The molecule has 0 saturated heterocycles. The van der Waals surface area contributed by atoms with Crippen LogP contribution in [0, 0.1) is 18.8 Å². The van der Waals surface area contributed by atoms with Crippen molar-refractivity contribution in [3.05, 3.63) is 6.42 Å². The standard InChI is InChI=1S/C4H2Cl3/c1-2-3-4(5,6)7/h1,3H. The molecule has 0 spiro atoms. The van der Waals surface area contributed by atoms with Crippen LogP contribution in [0.15, 0.2) is 0 Å². The van der Waals surface area contributed by atoms with E-state index in [1.54, 1.807) is 0 Å². The van der Waals surface area contributed by atoms with Crippen LogP contribution < -0.4 is 0 Å². The highest BCUT2D eigenvalue weighted by atomic mass is 35.6. The van der Waals surface area contributed by atoms with Crippen LogP contribution in [-0.4, -0.2) is 3.79 Å². The maximum atomic E-state index is 5.17. The Morgan fingerprint density at radius 1 is 1.43 bits per heavy atom. The Labute approximate surface area is 57.7 Å². The van der Waals surface area contributed by atoms with Crippen molar-refractivity contribution in [2.45, 2.75) is 3.79 Å². The first kappa shape index (κ1) is 7.43. The van der Waals surface area contributed by atoms with Gasteiger partial charge in [0, 0.05) is 0 Å². The van der Waals surface area contributed by atoms with E-state index in [1.807, 2.05) is 0 Å². The molecule has 0 aromatic rings. The lowest BCUT2D eigenvalue weighted by Crippen LogP contribution is -1.98. The third kappa shape index (κ3) is 6.43. The molecule has 0 heterocycles. The van der Waals surface area contributed by atoms with Gasteiger partial charge in [0.05, 0.1) is 6.42 Å². The van der Waals surface area contributed by atoms with Gasteiger partial charge in [-0.2, -0.15) is 0 Å². The Hall–Kier alpha value is 0.430. The molecule has 3 heteroatoms. The largest absolute Gasteiger partial charge is 0.205 e. The van der Waals surface area contributed by atoms with E-state index in [2.05, 4.69) is 5.92 Å². The highest BCUT2D eigenvalue weighted by molar-refractivity contribution is 6.68. The number of rotatable bonds is 0. The normalized spacial score (nSPS) is 10.6. The minimum atomic E-state index is -1.39. The average molecular weight is 156 g/mol. The fraction of sp³-hybridized carbons (Fsp3) is 0.250. The zero-order chi connectivity index (χ0) is 5.91. The van der Waals surface area contributed by atoms with Crippen molar-refractivity contribution in [1.82, 2.24) is 0 Å². The highest BCUT2D eigenvalue weighted by Gasteiger charge is 2.17. The Morgan fingerprint density at radius 2 is 1.86 bits per heavy atom. The first-order chi connectivity index (χ1) is 3.06. The second kappa shape index (κ2) is 2.67. The van der Waals surface area contributed by atoms with Gasteiger partial charge in [-0.1, -0.05) is 40.7 Å². The third-order valence-electron chi connectivity index (χ3n) is 0.247. The predicted molar refractivity (Wildman–Crippen MR) is 33.4 cm³/mol. The zero-order valence-corrected chi connectivity index (χ0v) is 5.56. The van der Waals surface area contributed by atoms with Crippen molar-refractivity contribution in [2.75, 3.05) is 0 Å². The first-order valence-corrected chi connectivity index (χ1v) is 2.57. The van der Waals surface area contributed by atoms with Crippen LogP contribution in [0.5, 0.6) is 0 Å². The Kier molecular flexibility index (Phi) is 2.83. The molecule has 0 fully saturated rings. The van der Waals surface area contributed by atoms with E-state index in [0.29, 0.717) is 0 Å². The number of hydrogen-bond donors (Lipinski definition) is 0. The third-order valence-corrected chi connectivity index (χ3v) is 0.574. The molecule has 0 aromatic heterocycles. The van der Waals surface area contributed by atoms with Gasteiger partial charge in [0.25, 0.3) is 0 Å². The molecule has 0 nitrogen and oxygen atoms in total. The summed E-state index contributed by atoms with van der Waals surface area (Å²) in [4.78, 5) is 0. The Bertz CT molecular complexity index is 84.1. The summed E-state index contributed by atoms with van der Waals surface area (Å²) in [7, 11) is 0. The quantitative estimate of drug-likeness (QED) is 0.373. The smallest absolute Gasteiger partial charge is 0.120 e. The predicted octanol–water partition coefficient (Wildman–Crippen LogP) is 2.19. The van der Waals surface area contributed by atoms with Gasteiger partial charge in [0.15, 0.2) is 0 Å². The summed E-state index contributed by atoms with van der Waals surface area (Å²) in [6.07, 6.45) is 5.89. The summed E-state index contributed by atoms with van der Waals surface area (Å²) in [5, 5.41) is 0. The van der Waals surface area contributed by atoms with Gasteiger partial charge in [0.2, 0.25) is 3.79 Å². The van der Waals surface area contributed by atoms with Crippen molar-refractivity contribution < 1.29 is 0 Å². The molecular formula is C4H2Cl3. The van der Waals surface area contributed by atoms with Crippen molar-refractivity contribution in [2.24, 2.45) is 0 Å². The lowest BCUT2D eigenvalue weighted by Gasteiger charge is -2.01. The van der Waals surface area contributed by atoms with Gasteiger partial charge in [-0.15, -0.1) is 6.42 Å². The minimum absolute atomic E-state index is 1.14. The van der Waals surface area contributed by atoms with Gasteiger partial charge < -0.3 is 0 Å². The highest BCUT2D eigenvalue weighted by Crippen LogP contribution is 2.27. The van der Waals surface area contributed by atoms with Gasteiger partial charge in [0.1, 0.15) is 0 Å². The first-order valence-electron chi connectivity index (χ1n) is 1.43. The molecule has 0 unspecified atom stereocenters. The van der Waals surface area contributed by atoms with Gasteiger partial charge in [-0.25, -0.2) is 0 Å². The number of hydrogen-bond acceptors (Lipinski definition) is 0. The number of halogens is 3. The molecule has 0 N–H and O–H groups in total. The van der Waals surface area contributed by atoms with E-state index in [-0.39, 0.29) is 0 Å². The van der Waals surface area contributed by atoms with Crippen LogP contribution in [0.2, 0.25) is 0 Å². The monoisotopic (exact) mass is 155 g/mol. The van der Waals surface area contributed by atoms with Crippen LogP contribution in [0.25, 0.3) is 0 Å². The van der Waals surface area contributed by atoms with Crippen LogP contribution >= 0.6 is 34.8 Å². The van der Waals surface area contributed by atoms with Crippen LogP contribution in [-0.2, 0) is 0 Å². The molecule has 0 bridgehead atoms. The van der Waals surface area contributed by atoms with Crippen molar-refractivity contribution >= 4 is 34.8 Å². The molecule has 7 heavy (non-hydrogen) atoms. The molecular weight excluding hydrogens is 154 g/mol. The fourth-order valence-corrected chi connectivity index (χ4v) is 0.283. The lowest BCUT2D eigenvalue weighted by molar-refractivity contribution is 1.37. The Balaban J connectivity index is 3.40. The summed E-state index contributed by atoms with van der Waals surface area (Å²) < 4.78 is -1.39.